The third-order valence-corrected chi connectivity index (χ3v) is 5.71. The van der Waals surface area contributed by atoms with Crippen molar-refractivity contribution in [2.75, 3.05) is 32.7 Å². The number of piperazine rings is 1. The summed E-state index contributed by atoms with van der Waals surface area (Å²) in [4.78, 5) is 15.3. The smallest absolute Gasteiger partial charge is 0.317 e. The molecule has 0 unspecified atom stereocenters. The SMILES string of the molecule is O=C(O)CN1CCN(Cc2ccc(OCc3ccccc3)c(OCc3ccccc3)c2)CC1. The van der Waals surface area contributed by atoms with E-state index in [1.165, 1.54) is 0 Å². The Balaban J connectivity index is 1.42. The molecule has 0 radical (unpaired) electrons. The molecule has 1 saturated heterocycles. The van der Waals surface area contributed by atoms with Gasteiger partial charge in [0, 0.05) is 32.7 Å². The first-order valence-electron chi connectivity index (χ1n) is 11.3. The van der Waals surface area contributed by atoms with E-state index in [2.05, 4.69) is 17.0 Å². The Bertz CT molecular complexity index is 1020. The van der Waals surface area contributed by atoms with Gasteiger partial charge in [-0.3, -0.25) is 14.6 Å². The van der Waals surface area contributed by atoms with Gasteiger partial charge in [-0.25, -0.2) is 0 Å². The van der Waals surface area contributed by atoms with Crippen molar-refractivity contribution in [2.24, 2.45) is 0 Å². The lowest BCUT2D eigenvalue weighted by Gasteiger charge is -2.33. The molecule has 172 valence electrons. The molecule has 33 heavy (non-hydrogen) atoms. The number of ether oxygens (including phenoxy) is 2. The molecule has 0 aliphatic carbocycles. The number of rotatable bonds is 10. The van der Waals surface area contributed by atoms with Crippen LogP contribution in [0, 0.1) is 0 Å². The van der Waals surface area contributed by atoms with Crippen LogP contribution in [0.25, 0.3) is 0 Å². The fraction of sp³-hybridized carbons (Fsp3) is 0.296. The second-order valence-electron chi connectivity index (χ2n) is 8.28. The molecule has 1 fully saturated rings. The molecular formula is C27H30N2O4. The third-order valence-electron chi connectivity index (χ3n) is 5.71. The second-order valence-corrected chi connectivity index (χ2v) is 8.28. The van der Waals surface area contributed by atoms with Gasteiger partial charge < -0.3 is 14.6 Å². The van der Waals surface area contributed by atoms with Crippen LogP contribution in [0.15, 0.2) is 78.9 Å². The van der Waals surface area contributed by atoms with Crippen LogP contribution in [-0.4, -0.2) is 53.6 Å². The quantitative estimate of drug-likeness (QED) is 0.507. The summed E-state index contributed by atoms with van der Waals surface area (Å²) >= 11 is 0. The van der Waals surface area contributed by atoms with Gasteiger partial charge in [-0.15, -0.1) is 0 Å². The first-order valence-corrected chi connectivity index (χ1v) is 11.3. The van der Waals surface area contributed by atoms with E-state index >= 15 is 0 Å². The molecule has 1 aliphatic rings. The zero-order chi connectivity index (χ0) is 22.9. The normalized spacial score (nSPS) is 14.7. The number of carbonyl (C=O) groups is 1. The largest absolute Gasteiger partial charge is 0.485 e. The zero-order valence-corrected chi connectivity index (χ0v) is 18.7. The maximum absolute atomic E-state index is 10.9. The molecule has 1 N–H and O–H groups in total. The fourth-order valence-corrected chi connectivity index (χ4v) is 3.91. The monoisotopic (exact) mass is 446 g/mol. The van der Waals surface area contributed by atoms with Gasteiger partial charge in [0.25, 0.3) is 0 Å². The molecule has 0 aromatic heterocycles. The minimum Gasteiger partial charge on any atom is -0.485 e. The zero-order valence-electron chi connectivity index (χ0n) is 18.7. The molecule has 3 aromatic carbocycles. The molecule has 0 bridgehead atoms. The van der Waals surface area contributed by atoms with Crippen LogP contribution in [0.3, 0.4) is 0 Å². The Labute approximate surface area is 195 Å². The summed E-state index contributed by atoms with van der Waals surface area (Å²) in [6.07, 6.45) is 0. The maximum Gasteiger partial charge on any atom is 0.317 e. The van der Waals surface area contributed by atoms with E-state index in [1.807, 2.05) is 71.6 Å². The molecule has 0 saturated carbocycles. The number of aliphatic carboxylic acids is 1. The molecule has 6 heteroatoms. The first kappa shape index (κ1) is 22.8. The summed E-state index contributed by atoms with van der Waals surface area (Å²) in [7, 11) is 0. The summed E-state index contributed by atoms with van der Waals surface area (Å²) in [6, 6.07) is 26.3. The molecule has 0 amide bonds. The van der Waals surface area contributed by atoms with Crippen LogP contribution in [0.2, 0.25) is 0 Å². The summed E-state index contributed by atoms with van der Waals surface area (Å²) in [5.41, 5.74) is 3.36. The van der Waals surface area contributed by atoms with Crippen LogP contribution >= 0.6 is 0 Å². The molecule has 1 heterocycles. The predicted octanol–water partition coefficient (Wildman–Crippen LogP) is 4.05. The maximum atomic E-state index is 10.9. The highest BCUT2D eigenvalue weighted by atomic mass is 16.5. The van der Waals surface area contributed by atoms with Crippen molar-refractivity contribution < 1.29 is 19.4 Å². The van der Waals surface area contributed by atoms with Gasteiger partial charge >= 0.3 is 5.97 Å². The highest BCUT2D eigenvalue weighted by Crippen LogP contribution is 2.30. The van der Waals surface area contributed by atoms with E-state index in [1.54, 1.807) is 0 Å². The van der Waals surface area contributed by atoms with Crippen molar-refractivity contribution in [3.63, 3.8) is 0 Å². The van der Waals surface area contributed by atoms with Crippen LogP contribution in [0.5, 0.6) is 11.5 Å². The van der Waals surface area contributed by atoms with Crippen molar-refractivity contribution in [1.29, 1.82) is 0 Å². The second kappa shape index (κ2) is 11.5. The average molecular weight is 447 g/mol. The summed E-state index contributed by atoms with van der Waals surface area (Å²) < 4.78 is 12.3. The van der Waals surface area contributed by atoms with Crippen molar-refractivity contribution in [3.8, 4) is 11.5 Å². The van der Waals surface area contributed by atoms with E-state index in [0.29, 0.717) is 13.2 Å². The Hall–Kier alpha value is -3.35. The predicted molar refractivity (Wildman–Crippen MR) is 127 cm³/mol. The van der Waals surface area contributed by atoms with E-state index in [0.717, 1.165) is 60.9 Å². The van der Waals surface area contributed by atoms with Crippen molar-refractivity contribution >= 4 is 5.97 Å². The topological polar surface area (TPSA) is 62.2 Å². The van der Waals surface area contributed by atoms with Gasteiger partial charge in [-0.2, -0.15) is 0 Å². The van der Waals surface area contributed by atoms with E-state index in [-0.39, 0.29) is 6.54 Å². The van der Waals surface area contributed by atoms with Crippen molar-refractivity contribution in [3.05, 3.63) is 95.6 Å². The van der Waals surface area contributed by atoms with Crippen molar-refractivity contribution in [2.45, 2.75) is 19.8 Å². The number of nitrogens with zero attached hydrogens (tertiary/aromatic N) is 2. The molecular weight excluding hydrogens is 416 g/mol. The Morgan fingerprint density at radius 2 is 1.24 bits per heavy atom. The average Bonchev–Trinajstić information content (AvgIpc) is 2.84. The molecule has 4 rings (SSSR count). The van der Waals surface area contributed by atoms with Crippen LogP contribution < -0.4 is 9.47 Å². The minimum atomic E-state index is -0.769. The highest BCUT2D eigenvalue weighted by Gasteiger charge is 2.19. The standard InChI is InChI=1S/C27H30N2O4/c30-27(31)19-29-15-13-28(14-16-29)18-24-11-12-25(32-20-22-7-3-1-4-8-22)26(17-24)33-21-23-9-5-2-6-10-23/h1-12,17H,13-16,18-21H2,(H,30,31). The van der Waals surface area contributed by atoms with E-state index in [4.69, 9.17) is 14.6 Å². The van der Waals surface area contributed by atoms with Crippen LogP contribution in [0.4, 0.5) is 0 Å². The molecule has 3 aromatic rings. The molecule has 0 atom stereocenters. The Kier molecular flexibility index (Phi) is 7.95. The number of hydrogen-bond acceptors (Lipinski definition) is 5. The third kappa shape index (κ3) is 7.07. The lowest BCUT2D eigenvalue weighted by Crippen LogP contribution is -2.47. The van der Waals surface area contributed by atoms with Crippen LogP contribution in [-0.2, 0) is 24.6 Å². The van der Waals surface area contributed by atoms with E-state index < -0.39 is 5.97 Å². The lowest BCUT2D eigenvalue weighted by atomic mass is 10.1. The number of benzene rings is 3. The van der Waals surface area contributed by atoms with Gasteiger partial charge in [-0.05, 0) is 28.8 Å². The van der Waals surface area contributed by atoms with E-state index in [9.17, 15) is 4.79 Å². The van der Waals surface area contributed by atoms with Gasteiger partial charge in [0.15, 0.2) is 11.5 Å². The van der Waals surface area contributed by atoms with Gasteiger partial charge in [-0.1, -0.05) is 66.7 Å². The number of hydrogen-bond donors (Lipinski definition) is 1. The Morgan fingerprint density at radius 3 is 1.82 bits per heavy atom. The van der Waals surface area contributed by atoms with Crippen LogP contribution in [0.1, 0.15) is 16.7 Å². The summed E-state index contributed by atoms with van der Waals surface area (Å²) in [6.45, 7) is 5.08. The minimum absolute atomic E-state index is 0.110. The summed E-state index contributed by atoms with van der Waals surface area (Å²) in [5, 5.41) is 8.99. The van der Waals surface area contributed by atoms with Crippen molar-refractivity contribution in [1.82, 2.24) is 9.80 Å². The molecule has 6 nitrogen and oxygen atoms in total. The fourth-order valence-electron chi connectivity index (χ4n) is 3.91. The van der Waals surface area contributed by atoms with Gasteiger partial charge in [0.1, 0.15) is 13.2 Å². The lowest BCUT2D eigenvalue weighted by molar-refractivity contribution is -0.138. The highest BCUT2D eigenvalue weighted by molar-refractivity contribution is 5.69. The number of carboxylic acid groups (broad SMARTS) is 1. The van der Waals surface area contributed by atoms with Gasteiger partial charge in [0.05, 0.1) is 6.54 Å². The summed E-state index contributed by atoms with van der Waals surface area (Å²) in [5.74, 6) is 0.691. The first-order chi connectivity index (χ1) is 16.2. The number of carboxylic acids is 1. The van der Waals surface area contributed by atoms with Gasteiger partial charge in [0.2, 0.25) is 0 Å². The Morgan fingerprint density at radius 1 is 0.697 bits per heavy atom. The molecule has 1 aliphatic heterocycles. The molecule has 0 spiro atoms.